The van der Waals surface area contributed by atoms with Crippen molar-refractivity contribution in [2.24, 2.45) is 0 Å². The summed E-state index contributed by atoms with van der Waals surface area (Å²) >= 11 is 3.39. The molecule has 0 unspecified atom stereocenters. The quantitative estimate of drug-likeness (QED) is 0.640. The number of benzene rings is 2. The SMILES string of the molecule is Cc1ccccc1NC(=O)/C(C#N)=C/c1cc(Br)c2c(c1)OCO2. The molecule has 2 aromatic carbocycles. The van der Waals surface area contributed by atoms with Crippen LogP contribution in [0.5, 0.6) is 11.5 Å². The zero-order valence-electron chi connectivity index (χ0n) is 12.8. The number of anilines is 1. The number of carbonyl (C=O) groups excluding carboxylic acids is 1. The number of nitriles is 1. The van der Waals surface area contributed by atoms with Gasteiger partial charge in [0, 0.05) is 5.69 Å². The Bertz CT molecular complexity index is 884. The Morgan fingerprint density at radius 3 is 2.88 bits per heavy atom. The Balaban J connectivity index is 1.87. The minimum Gasteiger partial charge on any atom is -0.454 e. The Kier molecular flexibility index (Phi) is 4.54. The van der Waals surface area contributed by atoms with Crippen molar-refractivity contribution >= 4 is 33.6 Å². The summed E-state index contributed by atoms with van der Waals surface area (Å²) in [5.41, 5.74) is 2.27. The Morgan fingerprint density at radius 2 is 2.12 bits per heavy atom. The molecule has 3 rings (SSSR count). The first-order valence-corrected chi connectivity index (χ1v) is 7.95. The number of hydrogen-bond acceptors (Lipinski definition) is 4. The third kappa shape index (κ3) is 3.26. The van der Waals surface area contributed by atoms with E-state index in [0.717, 1.165) is 5.56 Å². The van der Waals surface area contributed by atoms with Crippen LogP contribution in [0, 0.1) is 18.3 Å². The van der Waals surface area contributed by atoms with Gasteiger partial charge < -0.3 is 14.8 Å². The second-order valence-corrected chi connectivity index (χ2v) is 6.03. The first-order chi connectivity index (χ1) is 11.6. The van der Waals surface area contributed by atoms with E-state index in [-0.39, 0.29) is 12.4 Å². The normalized spacial score (nSPS) is 12.6. The van der Waals surface area contributed by atoms with E-state index in [0.29, 0.717) is 27.2 Å². The summed E-state index contributed by atoms with van der Waals surface area (Å²) in [6.07, 6.45) is 1.51. The van der Waals surface area contributed by atoms with Gasteiger partial charge in [0.2, 0.25) is 6.79 Å². The number of halogens is 1. The van der Waals surface area contributed by atoms with Gasteiger partial charge in [-0.15, -0.1) is 0 Å². The van der Waals surface area contributed by atoms with E-state index in [4.69, 9.17) is 9.47 Å². The summed E-state index contributed by atoms with van der Waals surface area (Å²) in [6.45, 7) is 2.04. The monoisotopic (exact) mass is 384 g/mol. The molecule has 0 aromatic heterocycles. The van der Waals surface area contributed by atoms with E-state index in [1.807, 2.05) is 31.2 Å². The van der Waals surface area contributed by atoms with E-state index >= 15 is 0 Å². The summed E-state index contributed by atoms with van der Waals surface area (Å²) in [4.78, 5) is 12.3. The molecule has 0 spiro atoms. The molecule has 0 atom stereocenters. The van der Waals surface area contributed by atoms with Gasteiger partial charge in [-0.1, -0.05) is 18.2 Å². The minimum atomic E-state index is -0.458. The van der Waals surface area contributed by atoms with Crippen LogP contribution in [0.2, 0.25) is 0 Å². The minimum absolute atomic E-state index is 0.00372. The molecule has 0 saturated carbocycles. The molecule has 0 radical (unpaired) electrons. The highest BCUT2D eigenvalue weighted by molar-refractivity contribution is 9.10. The maximum absolute atomic E-state index is 12.3. The lowest BCUT2D eigenvalue weighted by molar-refractivity contribution is -0.112. The molecule has 1 heterocycles. The van der Waals surface area contributed by atoms with E-state index in [1.54, 1.807) is 18.2 Å². The molecule has 24 heavy (non-hydrogen) atoms. The predicted octanol–water partition coefficient (Wildman–Crippen LogP) is 4.03. The summed E-state index contributed by atoms with van der Waals surface area (Å²) in [6, 6.07) is 12.8. The van der Waals surface area contributed by atoms with Crippen molar-refractivity contribution in [2.75, 3.05) is 12.1 Å². The molecule has 1 aliphatic heterocycles. The fraction of sp³-hybridized carbons (Fsp3) is 0.111. The van der Waals surface area contributed by atoms with Gasteiger partial charge in [0.25, 0.3) is 5.91 Å². The number of para-hydroxylation sites is 1. The summed E-state index contributed by atoms with van der Waals surface area (Å²) < 4.78 is 11.4. The fourth-order valence-electron chi connectivity index (χ4n) is 2.29. The van der Waals surface area contributed by atoms with Crippen LogP contribution in [-0.2, 0) is 4.79 Å². The number of fused-ring (bicyclic) bond motifs is 1. The molecule has 5 nitrogen and oxygen atoms in total. The molecule has 6 heteroatoms. The highest BCUT2D eigenvalue weighted by Crippen LogP contribution is 2.40. The third-order valence-corrected chi connectivity index (χ3v) is 4.11. The standard InChI is InChI=1S/C18H13BrN2O3/c1-11-4-2-3-5-15(11)21-18(22)13(9-20)6-12-7-14(19)17-16(8-12)23-10-24-17/h2-8H,10H2,1H3,(H,21,22)/b13-6+. The Labute approximate surface area is 147 Å². The first kappa shape index (κ1) is 16.1. The number of nitrogens with zero attached hydrogens (tertiary/aromatic N) is 1. The van der Waals surface area contributed by atoms with Crippen molar-refractivity contribution in [3.05, 3.63) is 57.6 Å². The first-order valence-electron chi connectivity index (χ1n) is 7.16. The van der Waals surface area contributed by atoms with Crippen LogP contribution < -0.4 is 14.8 Å². The maximum atomic E-state index is 12.3. The number of amides is 1. The largest absolute Gasteiger partial charge is 0.454 e. The van der Waals surface area contributed by atoms with Gasteiger partial charge in [-0.05, 0) is 58.3 Å². The van der Waals surface area contributed by atoms with E-state index in [1.165, 1.54) is 6.08 Å². The smallest absolute Gasteiger partial charge is 0.266 e. The zero-order chi connectivity index (χ0) is 17.1. The van der Waals surface area contributed by atoms with Crippen LogP contribution >= 0.6 is 15.9 Å². The molecular formula is C18H13BrN2O3. The van der Waals surface area contributed by atoms with Gasteiger partial charge in [0.1, 0.15) is 11.6 Å². The molecule has 2 aromatic rings. The number of rotatable bonds is 3. The Hall–Kier alpha value is -2.78. The summed E-state index contributed by atoms with van der Waals surface area (Å²) in [5, 5.41) is 12.1. The molecule has 1 amide bonds. The topological polar surface area (TPSA) is 71.4 Å². The van der Waals surface area contributed by atoms with Gasteiger partial charge in [0.15, 0.2) is 11.5 Å². The maximum Gasteiger partial charge on any atom is 0.266 e. The molecule has 120 valence electrons. The second kappa shape index (κ2) is 6.77. The van der Waals surface area contributed by atoms with Crippen LogP contribution in [0.1, 0.15) is 11.1 Å². The number of aryl methyl sites for hydroxylation is 1. The third-order valence-electron chi connectivity index (χ3n) is 3.52. The van der Waals surface area contributed by atoms with Crippen molar-refractivity contribution in [2.45, 2.75) is 6.92 Å². The lowest BCUT2D eigenvalue weighted by atomic mass is 10.1. The molecule has 1 N–H and O–H groups in total. The van der Waals surface area contributed by atoms with Gasteiger partial charge >= 0.3 is 0 Å². The van der Waals surface area contributed by atoms with Crippen LogP contribution in [0.3, 0.4) is 0 Å². The van der Waals surface area contributed by atoms with Gasteiger partial charge in [-0.3, -0.25) is 4.79 Å². The van der Waals surface area contributed by atoms with Crippen molar-refractivity contribution in [3.8, 4) is 17.6 Å². The van der Waals surface area contributed by atoms with Gasteiger partial charge in [0.05, 0.1) is 4.47 Å². The molecule has 1 aliphatic rings. The Morgan fingerprint density at radius 1 is 1.33 bits per heavy atom. The van der Waals surface area contributed by atoms with Crippen molar-refractivity contribution < 1.29 is 14.3 Å². The highest BCUT2D eigenvalue weighted by atomic mass is 79.9. The van der Waals surface area contributed by atoms with Crippen LogP contribution in [0.4, 0.5) is 5.69 Å². The predicted molar refractivity (Wildman–Crippen MR) is 93.7 cm³/mol. The summed E-state index contributed by atoms with van der Waals surface area (Å²) in [5.74, 6) is 0.739. The second-order valence-electron chi connectivity index (χ2n) is 5.18. The zero-order valence-corrected chi connectivity index (χ0v) is 14.4. The van der Waals surface area contributed by atoms with Crippen LogP contribution in [0.15, 0.2) is 46.4 Å². The molecular weight excluding hydrogens is 372 g/mol. The average Bonchev–Trinajstić information content (AvgIpc) is 3.03. The van der Waals surface area contributed by atoms with E-state index < -0.39 is 5.91 Å². The lowest BCUT2D eigenvalue weighted by Crippen LogP contribution is -2.14. The molecule has 0 bridgehead atoms. The fourth-order valence-corrected chi connectivity index (χ4v) is 2.86. The molecule has 0 fully saturated rings. The van der Waals surface area contributed by atoms with Crippen LogP contribution in [-0.4, -0.2) is 12.7 Å². The van der Waals surface area contributed by atoms with Crippen molar-refractivity contribution in [1.29, 1.82) is 5.26 Å². The molecule has 0 saturated heterocycles. The van der Waals surface area contributed by atoms with E-state index in [9.17, 15) is 10.1 Å². The number of nitrogens with one attached hydrogen (secondary N) is 1. The summed E-state index contributed by atoms with van der Waals surface area (Å²) in [7, 11) is 0. The highest BCUT2D eigenvalue weighted by Gasteiger charge is 2.18. The van der Waals surface area contributed by atoms with Crippen molar-refractivity contribution in [1.82, 2.24) is 0 Å². The number of ether oxygens (including phenoxy) is 2. The average molecular weight is 385 g/mol. The number of carbonyl (C=O) groups is 1. The lowest BCUT2D eigenvalue weighted by Gasteiger charge is -2.07. The van der Waals surface area contributed by atoms with Crippen LogP contribution in [0.25, 0.3) is 6.08 Å². The number of hydrogen-bond donors (Lipinski definition) is 1. The molecule has 0 aliphatic carbocycles. The van der Waals surface area contributed by atoms with Gasteiger partial charge in [-0.2, -0.15) is 5.26 Å². The van der Waals surface area contributed by atoms with Gasteiger partial charge in [-0.25, -0.2) is 0 Å². The van der Waals surface area contributed by atoms with Crippen molar-refractivity contribution in [3.63, 3.8) is 0 Å². The van der Waals surface area contributed by atoms with E-state index in [2.05, 4.69) is 21.2 Å².